The first-order chi connectivity index (χ1) is 3.98. The van der Waals surface area contributed by atoms with Crippen LogP contribution in [-0.4, -0.2) is 23.3 Å². The zero-order valence-electron chi connectivity index (χ0n) is 4.07. The number of carbonyl (C=O) groups is 1. The number of hydrogen-bond acceptors (Lipinski definition) is 1. The molecule has 1 fully saturated rings. The van der Waals surface area contributed by atoms with Gasteiger partial charge in [-0.2, -0.15) is 8.78 Å². The summed E-state index contributed by atoms with van der Waals surface area (Å²) in [4.78, 5) is 9.97. The lowest BCUT2D eigenvalue weighted by Crippen LogP contribution is -2.61. The van der Waals surface area contributed by atoms with Crippen LogP contribution in [0.2, 0.25) is 0 Å². The lowest BCUT2D eigenvalue weighted by molar-refractivity contribution is -0.174. The van der Waals surface area contributed by atoms with Crippen molar-refractivity contribution in [2.24, 2.45) is 0 Å². The maximum Gasteiger partial charge on any atom is 0.339 e. The average molecular weight is 159 g/mol. The lowest BCUT2D eigenvalue weighted by atomic mass is 9.90. The summed E-state index contributed by atoms with van der Waals surface area (Å²) in [7, 11) is 0. The van der Waals surface area contributed by atoms with E-state index in [4.69, 9.17) is 11.6 Å². The number of alkyl halides is 4. The minimum atomic E-state index is -3.83. The van der Waals surface area contributed by atoms with E-state index < -0.39 is 23.3 Å². The molecule has 9 heavy (non-hydrogen) atoms. The molecule has 0 saturated heterocycles. The highest BCUT2D eigenvalue weighted by molar-refractivity contribution is 6.35. The van der Waals surface area contributed by atoms with Crippen molar-refractivity contribution in [3.63, 3.8) is 0 Å². The predicted molar refractivity (Wildman–Crippen MR) is 24.5 cm³/mol. The van der Waals surface area contributed by atoms with E-state index in [0.29, 0.717) is 0 Å². The van der Waals surface area contributed by atoms with Crippen LogP contribution in [-0.2, 0) is 4.79 Å². The van der Waals surface area contributed by atoms with Gasteiger partial charge < -0.3 is 0 Å². The fourth-order valence-electron chi connectivity index (χ4n) is 0.540. The molecule has 52 valence electrons. The smallest absolute Gasteiger partial charge is 0.291 e. The van der Waals surface area contributed by atoms with E-state index in [-0.39, 0.29) is 0 Å². The van der Waals surface area contributed by atoms with Crippen LogP contribution in [0.4, 0.5) is 13.2 Å². The fourth-order valence-corrected chi connectivity index (χ4v) is 0.844. The molecule has 2 atom stereocenters. The molecule has 0 radical (unpaired) electrons. The van der Waals surface area contributed by atoms with Gasteiger partial charge in [0.05, 0.1) is 0 Å². The molecule has 1 aliphatic carbocycles. The Bertz CT molecular complexity index is 158. The molecule has 5 heteroatoms. The highest BCUT2D eigenvalue weighted by Gasteiger charge is 2.65. The molecule has 0 aromatic carbocycles. The highest BCUT2D eigenvalue weighted by atomic mass is 35.5. The Kier molecular flexibility index (Phi) is 1.24. The van der Waals surface area contributed by atoms with Gasteiger partial charge in [-0.3, -0.25) is 4.79 Å². The van der Waals surface area contributed by atoms with Crippen LogP contribution < -0.4 is 0 Å². The Morgan fingerprint density at radius 2 is 2.00 bits per heavy atom. The van der Waals surface area contributed by atoms with Gasteiger partial charge in [0.25, 0.3) is 0 Å². The minimum absolute atomic E-state index is 1.52. The summed E-state index contributed by atoms with van der Waals surface area (Å²) in [6.45, 7) is 0. The van der Waals surface area contributed by atoms with Gasteiger partial charge in [-0.1, -0.05) is 0 Å². The van der Waals surface area contributed by atoms with Gasteiger partial charge >= 0.3 is 5.92 Å². The van der Waals surface area contributed by atoms with Gasteiger partial charge in [0.1, 0.15) is 5.38 Å². The van der Waals surface area contributed by atoms with Crippen molar-refractivity contribution in [2.75, 3.05) is 0 Å². The number of halogens is 4. The molecule has 1 nitrogen and oxygen atoms in total. The molecule has 0 aromatic rings. The van der Waals surface area contributed by atoms with E-state index in [1.807, 2.05) is 0 Å². The van der Waals surface area contributed by atoms with Gasteiger partial charge in [-0.25, -0.2) is 4.39 Å². The topological polar surface area (TPSA) is 17.1 Å². The molecule has 2 unspecified atom stereocenters. The van der Waals surface area contributed by atoms with E-state index in [0.717, 1.165) is 0 Å². The molecule has 1 rings (SSSR count). The summed E-state index contributed by atoms with van der Waals surface area (Å²) in [5.74, 6) is -5.34. The Hall–Kier alpha value is -0.250. The second-order valence-electron chi connectivity index (χ2n) is 1.79. The van der Waals surface area contributed by atoms with Crippen molar-refractivity contribution >= 4 is 17.4 Å². The van der Waals surface area contributed by atoms with Gasteiger partial charge in [0.2, 0.25) is 5.78 Å². The zero-order chi connectivity index (χ0) is 7.23. The molecule has 0 heterocycles. The number of carbonyl (C=O) groups excluding carboxylic acids is 1. The summed E-state index contributed by atoms with van der Waals surface area (Å²) < 4.78 is 35.4. The minimum Gasteiger partial charge on any atom is -0.291 e. The molecule has 0 bridgehead atoms. The first-order valence-corrected chi connectivity index (χ1v) is 2.62. The van der Waals surface area contributed by atoms with Crippen LogP contribution in [0.5, 0.6) is 0 Å². The second kappa shape index (κ2) is 1.62. The van der Waals surface area contributed by atoms with E-state index in [1.165, 1.54) is 0 Å². The van der Waals surface area contributed by atoms with Gasteiger partial charge in [-0.05, 0) is 0 Å². The van der Waals surface area contributed by atoms with E-state index in [2.05, 4.69) is 0 Å². The molecule has 1 saturated carbocycles. The van der Waals surface area contributed by atoms with Crippen LogP contribution in [0.25, 0.3) is 0 Å². The Labute approximate surface area is 53.8 Å². The SMILES string of the molecule is O=C1C(Cl)C(F)C1(F)F. The Morgan fingerprint density at radius 3 is 2.11 bits per heavy atom. The molecular formula is C4H2ClF3O. The van der Waals surface area contributed by atoms with E-state index >= 15 is 0 Å². The van der Waals surface area contributed by atoms with Crippen molar-refractivity contribution in [3.05, 3.63) is 0 Å². The maximum atomic E-state index is 11.8. The summed E-state index contributed by atoms with van der Waals surface area (Å²) in [5, 5.41) is -1.64. The van der Waals surface area contributed by atoms with Crippen molar-refractivity contribution < 1.29 is 18.0 Å². The third kappa shape index (κ3) is 0.657. The quantitative estimate of drug-likeness (QED) is 0.484. The van der Waals surface area contributed by atoms with E-state index in [9.17, 15) is 18.0 Å². The first-order valence-electron chi connectivity index (χ1n) is 2.18. The summed E-state index contributed by atoms with van der Waals surface area (Å²) in [5.41, 5.74) is 0. The van der Waals surface area contributed by atoms with Crippen LogP contribution in [0.3, 0.4) is 0 Å². The lowest BCUT2D eigenvalue weighted by Gasteiger charge is -2.32. The average Bonchev–Trinajstić information content (AvgIpc) is 1.84. The van der Waals surface area contributed by atoms with Crippen molar-refractivity contribution in [2.45, 2.75) is 17.5 Å². The van der Waals surface area contributed by atoms with Crippen LogP contribution in [0, 0.1) is 0 Å². The van der Waals surface area contributed by atoms with Crippen LogP contribution >= 0.6 is 11.6 Å². The van der Waals surface area contributed by atoms with Crippen molar-refractivity contribution in [1.82, 2.24) is 0 Å². The summed E-state index contributed by atoms with van der Waals surface area (Å²) >= 11 is 4.83. The Morgan fingerprint density at radius 1 is 1.56 bits per heavy atom. The molecule has 0 aliphatic heterocycles. The normalized spacial score (nSPS) is 40.2. The summed E-state index contributed by atoms with van der Waals surface area (Å²) in [6.07, 6.45) is -2.49. The maximum absolute atomic E-state index is 11.8. The van der Waals surface area contributed by atoms with Crippen LogP contribution in [0.15, 0.2) is 0 Å². The first kappa shape index (κ1) is 6.86. The van der Waals surface area contributed by atoms with E-state index in [1.54, 1.807) is 0 Å². The Balaban J connectivity index is 2.73. The summed E-state index contributed by atoms with van der Waals surface area (Å²) in [6, 6.07) is 0. The van der Waals surface area contributed by atoms with Gasteiger partial charge in [-0.15, -0.1) is 11.6 Å². The number of hydrogen-bond donors (Lipinski definition) is 0. The monoisotopic (exact) mass is 158 g/mol. The van der Waals surface area contributed by atoms with Gasteiger partial charge in [0.15, 0.2) is 6.17 Å². The number of Topliss-reactive ketones (excluding diaryl/α,β-unsaturated/α-hetero) is 1. The zero-order valence-corrected chi connectivity index (χ0v) is 4.83. The predicted octanol–water partition coefficient (Wildman–Crippen LogP) is 1.15. The largest absolute Gasteiger partial charge is 0.339 e. The second-order valence-corrected chi connectivity index (χ2v) is 2.26. The fraction of sp³-hybridized carbons (Fsp3) is 0.750. The standard InChI is InChI=1S/C4H2ClF3O/c5-1-2(6)4(7,8)3(1)9/h1-2H. The molecule has 1 aliphatic rings. The van der Waals surface area contributed by atoms with Crippen molar-refractivity contribution in [1.29, 1.82) is 0 Å². The molecule has 0 spiro atoms. The number of rotatable bonds is 0. The van der Waals surface area contributed by atoms with Crippen molar-refractivity contribution in [3.8, 4) is 0 Å². The van der Waals surface area contributed by atoms with Crippen LogP contribution in [0.1, 0.15) is 0 Å². The molecule has 0 aromatic heterocycles. The molecule has 0 N–H and O–H groups in total. The molecular weight excluding hydrogens is 156 g/mol. The third-order valence-corrected chi connectivity index (χ3v) is 1.60. The third-order valence-electron chi connectivity index (χ3n) is 1.18. The molecule has 0 amide bonds. The highest BCUT2D eigenvalue weighted by Crippen LogP contribution is 2.39. The van der Waals surface area contributed by atoms with Gasteiger partial charge in [0, 0.05) is 0 Å². The number of ketones is 1.